The number of nitrogen functional groups attached to an aromatic ring is 1. The van der Waals surface area contributed by atoms with E-state index < -0.39 is 40.7 Å². The number of hydrogen-bond donors (Lipinski definition) is 3. The van der Waals surface area contributed by atoms with Gasteiger partial charge in [-0.05, 0) is 146 Å². The van der Waals surface area contributed by atoms with Gasteiger partial charge < -0.3 is 44.4 Å². The largest absolute Gasteiger partial charge is 0.513 e. The van der Waals surface area contributed by atoms with Gasteiger partial charge in [-0.1, -0.05) is 105 Å². The van der Waals surface area contributed by atoms with Crippen molar-refractivity contribution < 1.29 is 79.9 Å². The number of phenolic OH excluding ortho intramolecular Hbond substituents is 2. The van der Waals surface area contributed by atoms with E-state index in [0.717, 1.165) is 127 Å². The molecule has 4 aliphatic rings. The number of aromatic hydroxyl groups is 2. The van der Waals surface area contributed by atoms with Gasteiger partial charge in [-0.15, -0.1) is 0 Å². The number of benzene rings is 5. The second-order valence-electron chi connectivity index (χ2n) is 22.9. The van der Waals surface area contributed by atoms with Crippen molar-refractivity contribution in [2.45, 2.75) is 178 Å². The lowest BCUT2D eigenvalue weighted by atomic mass is 9.70. The number of carbonyl (C=O) groups excluding carboxylic acids is 3. The predicted molar refractivity (Wildman–Crippen MR) is 307 cm³/mol. The van der Waals surface area contributed by atoms with E-state index in [1.165, 1.54) is 119 Å². The van der Waals surface area contributed by atoms with E-state index in [4.69, 9.17) is 25.1 Å². The maximum absolute atomic E-state index is 14.0. The zero-order chi connectivity index (χ0) is 61.8. The molecule has 0 aromatic heterocycles. The van der Waals surface area contributed by atoms with Crippen LogP contribution in [0.4, 0.5) is 47.7 Å². The van der Waals surface area contributed by atoms with Crippen molar-refractivity contribution in [3.8, 4) is 28.7 Å². The number of hydrogen-bond acceptors (Lipinski definition) is 14. The van der Waals surface area contributed by atoms with E-state index in [2.05, 4.69) is 35.0 Å². The SMILES string of the molecule is CC1(c2cc(F)ccc2O)CCCCC1.COC(=O)Oc1cc(N)c(F)cc1C1(C)CCCCC1.COC(=O)Oc1cc([N+](=O)[O-])c(F)cc1C1(C)CCCCC1.COC(=O)Oc1ccc(F)cc1C1(C)CCCCC1.Oc1ccc(F)cc1. The Morgan fingerprint density at radius 3 is 1.18 bits per heavy atom. The minimum absolute atomic E-state index is 0.00986. The van der Waals surface area contributed by atoms with Gasteiger partial charge in [-0.3, -0.25) is 10.1 Å². The number of anilines is 1. The van der Waals surface area contributed by atoms with Crippen molar-refractivity contribution in [2.75, 3.05) is 27.1 Å². The Balaban J connectivity index is 0.000000197. The third-order valence-corrected chi connectivity index (χ3v) is 16.6. The molecule has 9 rings (SSSR count). The molecule has 458 valence electrons. The summed E-state index contributed by atoms with van der Waals surface area (Å²) in [6.07, 6.45) is 18.4. The number of methoxy groups -OCH3 is 3. The average molecular weight is 1180 g/mol. The zero-order valence-corrected chi connectivity index (χ0v) is 49.0. The van der Waals surface area contributed by atoms with Crippen molar-refractivity contribution in [1.82, 2.24) is 0 Å². The van der Waals surface area contributed by atoms with Gasteiger partial charge in [0.1, 0.15) is 52.0 Å². The number of ether oxygens (including phenoxy) is 6. The van der Waals surface area contributed by atoms with E-state index in [9.17, 15) is 51.6 Å². The van der Waals surface area contributed by atoms with Crippen molar-refractivity contribution in [3.63, 3.8) is 0 Å². The Bertz CT molecular complexity index is 2990. The Labute approximate surface area is 488 Å². The molecular weight excluding hydrogens is 1100 g/mol. The molecule has 84 heavy (non-hydrogen) atoms. The first-order valence-corrected chi connectivity index (χ1v) is 28.4. The van der Waals surface area contributed by atoms with Crippen molar-refractivity contribution in [2.24, 2.45) is 0 Å². The highest BCUT2D eigenvalue weighted by molar-refractivity contribution is 5.67. The zero-order valence-electron chi connectivity index (χ0n) is 49.0. The number of nitrogens with zero attached hydrogens (tertiary/aromatic N) is 1. The molecule has 15 nitrogen and oxygen atoms in total. The van der Waals surface area contributed by atoms with E-state index in [1.54, 1.807) is 0 Å². The summed E-state index contributed by atoms with van der Waals surface area (Å²) in [5, 5.41) is 29.3. The van der Waals surface area contributed by atoms with Crippen LogP contribution in [0.3, 0.4) is 0 Å². The van der Waals surface area contributed by atoms with E-state index in [0.29, 0.717) is 22.6 Å². The smallest absolute Gasteiger partial charge is 0.508 e. The second kappa shape index (κ2) is 30.8. The lowest BCUT2D eigenvalue weighted by Crippen LogP contribution is -2.27. The fourth-order valence-electron chi connectivity index (χ4n) is 11.7. The molecule has 0 unspecified atom stereocenters. The number of phenols is 2. The molecule has 5 aromatic carbocycles. The lowest BCUT2D eigenvalue weighted by Gasteiger charge is -2.35. The highest BCUT2D eigenvalue weighted by atomic mass is 19.1. The van der Waals surface area contributed by atoms with Crippen LogP contribution >= 0.6 is 0 Å². The Kier molecular flexibility index (Phi) is 24.6. The van der Waals surface area contributed by atoms with Gasteiger partial charge in [-0.2, -0.15) is 4.39 Å². The molecule has 0 spiro atoms. The Morgan fingerprint density at radius 1 is 0.452 bits per heavy atom. The van der Waals surface area contributed by atoms with Crippen molar-refractivity contribution in [3.05, 3.63) is 146 Å². The fraction of sp³-hybridized carbons (Fsp3) is 0.484. The van der Waals surface area contributed by atoms with Gasteiger partial charge in [-0.25, -0.2) is 31.9 Å². The summed E-state index contributed by atoms with van der Waals surface area (Å²) in [6, 6.07) is 18.4. The minimum Gasteiger partial charge on any atom is -0.508 e. The van der Waals surface area contributed by atoms with Crippen LogP contribution in [0.25, 0.3) is 0 Å². The third kappa shape index (κ3) is 18.7. The molecule has 4 saturated carbocycles. The van der Waals surface area contributed by atoms with Crippen LogP contribution in [0, 0.1) is 39.2 Å². The second-order valence-corrected chi connectivity index (χ2v) is 22.9. The Morgan fingerprint density at radius 2 is 0.786 bits per heavy atom. The van der Waals surface area contributed by atoms with Crippen LogP contribution in [0.1, 0.15) is 178 Å². The highest BCUT2D eigenvalue weighted by Crippen LogP contribution is 2.48. The van der Waals surface area contributed by atoms with Crippen LogP contribution in [-0.4, -0.2) is 54.9 Å². The molecule has 4 fully saturated rings. The van der Waals surface area contributed by atoms with Crippen LogP contribution in [-0.2, 0) is 35.9 Å². The van der Waals surface area contributed by atoms with Crippen LogP contribution in [0.15, 0.2) is 84.9 Å². The number of halogens is 5. The summed E-state index contributed by atoms with van der Waals surface area (Å²) in [6.45, 7) is 8.25. The molecule has 0 saturated heterocycles. The molecule has 20 heteroatoms. The number of nitro groups is 1. The van der Waals surface area contributed by atoms with Gasteiger partial charge >= 0.3 is 24.2 Å². The quantitative estimate of drug-likeness (QED) is 0.0251. The molecule has 0 bridgehead atoms. The first kappa shape index (κ1) is 67.2. The molecule has 0 atom stereocenters. The number of carbonyl (C=O) groups is 3. The summed E-state index contributed by atoms with van der Waals surface area (Å²) >= 11 is 0. The maximum atomic E-state index is 14.0. The molecular formula is C64H79F5N2O13. The summed E-state index contributed by atoms with van der Waals surface area (Å²) < 4.78 is 95.2. The molecule has 0 heterocycles. The molecule has 4 N–H and O–H groups in total. The van der Waals surface area contributed by atoms with Gasteiger partial charge in [0.15, 0.2) is 0 Å². The summed E-state index contributed by atoms with van der Waals surface area (Å²) in [7, 11) is 3.63. The normalized spacial score (nSPS) is 17.1. The molecule has 0 amide bonds. The summed E-state index contributed by atoms with van der Waals surface area (Å²) in [5.74, 6) is -1.29. The van der Waals surface area contributed by atoms with Gasteiger partial charge in [0, 0.05) is 28.3 Å². The number of nitrogens with two attached hydrogens (primary N) is 1. The fourth-order valence-corrected chi connectivity index (χ4v) is 11.7. The molecule has 4 aliphatic carbocycles. The standard InChI is InChI=1S/C15H18FNO5.C15H20FNO3.C15H19FO3.C13H17FO.C6H5FO/c1-15(6-4-3-5-7-15)10-8-11(16)12(17(19)20)9-13(10)22-14(18)21-2;1-15(6-4-3-5-7-15)10-8-11(16)12(17)9-13(10)20-14(18)19-2;1-15(8-4-3-5-9-15)12-10-11(16)6-7-13(12)19-14(17)18-2;1-13(7-3-2-4-8-13)11-9-10(14)5-6-12(11)15;7-5-1-3-6(8)4-2-5/h8-9H,3-7H2,1-2H3;8-9H,3-7,17H2,1-2H3;6-7,10H,3-5,8-9H2,1-2H3;5-6,9,15H,2-4,7-8H2,1H3;1-4,8H. The summed E-state index contributed by atoms with van der Waals surface area (Å²) in [4.78, 5) is 44.0. The highest BCUT2D eigenvalue weighted by Gasteiger charge is 2.37. The molecule has 5 aromatic rings. The van der Waals surface area contributed by atoms with Crippen LogP contribution in [0.2, 0.25) is 0 Å². The third-order valence-electron chi connectivity index (χ3n) is 16.6. The maximum Gasteiger partial charge on any atom is 0.513 e. The predicted octanol–water partition coefficient (Wildman–Crippen LogP) is 17.4. The van der Waals surface area contributed by atoms with E-state index >= 15 is 0 Å². The van der Waals surface area contributed by atoms with Gasteiger partial charge in [0.25, 0.3) is 0 Å². The average Bonchev–Trinajstić information content (AvgIpc) is 2.73. The monoisotopic (exact) mass is 1180 g/mol. The molecule has 0 radical (unpaired) electrons. The van der Waals surface area contributed by atoms with Crippen molar-refractivity contribution in [1.29, 1.82) is 0 Å². The minimum atomic E-state index is -0.985. The number of nitro benzene ring substituents is 1. The van der Waals surface area contributed by atoms with Gasteiger partial charge in [0.05, 0.1) is 38.0 Å². The van der Waals surface area contributed by atoms with Crippen molar-refractivity contribution >= 4 is 29.8 Å². The van der Waals surface area contributed by atoms with E-state index in [1.807, 2.05) is 6.92 Å². The lowest BCUT2D eigenvalue weighted by molar-refractivity contribution is -0.387. The van der Waals surface area contributed by atoms with Gasteiger partial charge in [0.2, 0.25) is 5.82 Å². The summed E-state index contributed by atoms with van der Waals surface area (Å²) in [5.41, 5.74) is 6.77. The number of rotatable bonds is 8. The topological polar surface area (TPSA) is 216 Å². The van der Waals surface area contributed by atoms with Crippen LogP contribution in [0.5, 0.6) is 28.7 Å². The first-order chi connectivity index (χ1) is 39.8. The Hall–Kier alpha value is -7.64. The van der Waals surface area contributed by atoms with E-state index in [-0.39, 0.29) is 62.0 Å². The molecule has 0 aliphatic heterocycles. The first-order valence-electron chi connectivity index (χ1n) is 28.4. The van der Waals surface area contributed by atoms with Crippen LogP contribution < -0.4 is 19.9 Å².